The number of carbonyl (C=O) groups is 4. The zero-order valence-corrected chi connectivity index (χ0v) is 18.3. The minimum absolute atomic E-state index is 0.0250. The number of hydrogen-bond donors (Lipinski definition) is 2. The molecule has 3 rings (SSSR count). The molecule has 0 saturated carbocycles. The first-order valence-electron chi connectivity index (χ1n) is 10.3. The van der Waals surface area contributed by atoms with Crippen LogP contribution in [0.1, 0.15) is 38.0 Å². The Morgan fingerprint density at radius 1 is 1.03 bits per heavy atom. The minimum atomic E-state index is -1.03. The number of pyridine rings is 1. The topological polar surface area (TPSA) is 115 Å². The van der Waals surface area contributed by atoms with Crippen molar-refractivity contribution in [3.05, 3.63) is 65.5 Å². The molecule has 33 heavy (non-hydrogen) atoms. The van der Waals surface area contributed by atoms with Crippen molar-refractivity contribution in [2.75, 3.05) is 33.5 Å². The van der Waals surface area contributed by atoms with E-state index >= 15 is 0 Å². The van der Waals surface area contributed by atoms with E-state index in [4.69, 9.17) is 0 Å². The molecule has 2 N–H and O–H groups in total. The number of alkyl halides is 1. The molecule has 3 amide bonds. The number of Topliss-reactive ketones (excluding diaryl/α,β-unsaturated/α-hetero) is 1. The summed E-state index contributed by atoms with van der Waals surface area (Å²) in [5, 5.41) is 2.51. The van der Waals surface area contributed by atoms with Gasteiger partial charge in [0.25, 0.3) is 23.5 Å². The average molecular weight is 453 g/mol. The number of halogens is 1. The third-order valence-corrected chi connectivity index (χ3v) is 5.24. The van der Waals surface area contributed by atoms with E-state index in [2.05, 4.69) is 15.3 Å². The number of nitrogens with zero attached hydrogens (tertiary/aromatic N) is 3. The van der Waals surface area contributed by atoms with Crippen LogP contribution in [-0.2, 0) is 4.79 Å². The number of aromatic nitrogens is 2. The summed E-state index contributed by atoms with van der Waals surface area (Å²) in [6.45, 7) is 0.736. The number of H-pyrrole nitrogens is 1. The average Bonchev–Trinajstić information content (AvgIpc) is 3.30. The van der Waals surface area contributed by atoms with Gasteiger partial charge in [-0.05, 0) is 25.1 Å². The van der Waals surface area contributed by atoms with E-state index < -0.39 is 24.4 Å². The molecule has 9 nitrogen and oxygen atoms in total. The number of rotatable bonds is 9. The lowest BCUT2D eigenvalue weighted by molar-refractivity contribution is -0.126. The summed E-state index contributed by atoms with van der Waals surface area (Å²) in [5.41, 5.74) is 1.20. The van der Waals surface area contributed by atoms with Gasteiger partial charge in [0.2, 0.25) is 0 Å². The van der Waals surface area contributed by atoms with Crippen LogP contribution in [0, 0.1) is 0 Å². The van der Waals surface area contributed by atoms with Crippen molar-refractivity contribution in [2.24, 2.45) is 0 Å². The Bertz CT molecular complexity index is 1180. The lowest BCUT2D eigenvalue weighted by Gasteiger charge is -2.25. The summed E-state index contributed by atoms with van der Waals surface area (Å²) in [5.74, 6) is -2.49. The summed E-state index contributed by atoms with van der Waals surface area (Å²) < 4.78 is 13.5. The van der Waals surface area contributed by atoms with Crippen LogP contribution >= 0.6 is 0 Å². The van der Waals surface area contributed by atoms with Gasteiger partial charge < -0.3 is 20.1 Å². The van der Waals surface area contributed by atoms with Crippen molar-refractivity contribution in [1.29, 1.82) is 0 Å². The molecule has 1 aromatic carbocycles. The van der Waals surface area contributed by atoms with E-state index in [1.807, 2.05) is 0 Å². The molecule has 2 aromatic heterocycles. The third-order valence-electron chi connectivity index (χ3n) is 5.24. The van der Waals surface area contributed by atoms with Gasteiger partial charge in [-0.15, -0.1) is 0 Å². The highest BCUT2D eigenvalue weighted by atomic mass is 19.1. The molecule has 172 valence electrons. The van der Waals surface area contributed by atoms with Crippen molar-refractivity contribution in [2.45, 2.75) is 6.92 Å². The molecule has 0 fully saturated rings. The van der Waals surface area contributed by atoms with Crippen LogP contribution < -0.4 is 5.32 Å². The molecule has 0 bridgehead atoms. The second kappa shape index (κ2) is 10.5. The van der Waals surface area contributed by atoms with E-state index in [1.54, 1.807) is 37.3 Å². The summed E-state index contributed by atoms with van der Waals surface area (Å²) in [7, 11) is 1.48. The highest BCUT2D eigenvalue weighted by molar-refractivity contribution is 6.44. The molecule has 3 aromatic rings. The summed E-state index contributed by atoms with van der Waals surface area (Å²) in [6, 6.07) is 9.75. The minimum Gasteiger partial charge on any atom is -0.358 e. The van der Waals surface area contributed by atoms with Gasteiger partial charge in [-0.2, -0.15) is 0 Å². The Labute approximate surface area is 189 Å². The van der Waals surface area contributed by atoms with E-state index in [9.17, 15) is 23.6 Å². The quantitative estimate of drug-likeness (QED) is 0.292. The zero-order chi connectivity index (χ0) is 24.0. The fraction of sp³-hybridized carbons (Fsp3) is 0.261. The number of hydrogen-bond acceptors (Lipinski definition) is 5. The van der Waals surface area contributed by atoms with Crippen molar-refractivity contribution in [3.63, 3.8) is 0 Å². The molecule has 0 aliphatic heterocycles. The van der Waals surface area contributed by atoms with E-state index in [-0.39, 0.29) is 36.6 Å². The predicted molar refractivity (Wildman–Crippen MR) is 120 cm³/mol. The van der Waals surface area contributed by atoms with Crippen molar-refractivity contribution in [1.82, 2.24) is 25.1 Å². The van der Waals surface area contributed by atoms with Gasteiger partial charge in [-0.3, -0.25) is 24.2 Å². The van der Waals surface area contributed by atoms with Gasteiger partial charge in [0.15, 0.2) is 6.80 Å². The number of amides is 3. The molecule has 0 aliphatic carbocycles. The maximum atomic E-state index is 13.5. The molecule has 0 spiro atoms. The largest absolute Gasteiger partial charge is 0.358 e. The third kappa shape index (κ3) is 4.89. The smallest absolute Gasteiger partial charge is 0.295 e. The van der Waals surface area contributed by atoms with Gasteiger partial charge in [0, 0.05) is 44.6 Å². The Hall–Kier alpha value is -4.08. The van der Waals surface area contributed by atoms with Gasteiger partial charge >= 0.3 is 0 Å². The van der Waals surface area contributed by atoms with Gasteiger partial charge in [0.05, 0.1) is 16.6 Å². The fourth-order valence-electron chi connectivity index (χ4n) is 3.40. The molecule has 0 saturated heterocycles. The molecule has 0 aliphatic rings. The van der Waals surface area contributed by atoms with Crippen LogP contribution in [0.5, 0.6) is 0 Å². The maximum absolute atomic E-state index is 13.5. The van der Waals surface area contributed by atoms with Crippen LogP contribution in [-0.4, -0.2) is 76.8 Å². The molecular formula is C23H24FN5O4. The predicted octanol–water partition coefficient (Wildman–Crippen LogP) is 2.02. The van der Waals surface area contributed by atoms with Crippen molar-refractivity contribution < 1.29 is 23.6 Å². The summed E-state index contributed by atoms with van der Waals surface area (Å²) >= 11 is 0. The van der Waals surface area contributed by atoms with Crippen LogP contribution in [0.2, 0.25) is 0 Å². The van der Waals surface area contributed by atoms with Gasteiger partial charge in [-0.25, -0.2) is 4.39 Å². The standard InChI is InChI=1S/C23H24FN5O4/c1-3-28(11-12-29(14-24)22(32)15-7-5-4-6-8-15)23(33)20(30)17-13-27-18-16(21(31)25-2)9-10-26-19(17)18/h4-10,13,27H,3,11-12,14H2,1-2H3,(H,25,31). The Kier molecular flexibility index (Phi) is 7.50. The van der Waals surface area contributed by atoms with Crippen molar-refractivity contribution >= 4 is 34.5 Å². The van der Waals surface area contributed by atoms with E-state index in [0.29, 0.717) is 16.6 Å². The molecule has 0 unspecified atom stereocenters. The molecule has 10 heteroatoms. The highest BCUT2D eigenvalue weighted by Gasteiger charge is 2.27. The number of likely N-dealkylation sites (N-methyl/N-ethyl adjacent to an activating group) is 1. The van der Waals surface area contributed by atoms with Crippen molar-refractivity contribution in [3.8, 4) is 0 Å². The lowest BCUT2D eigenvalue weighted by atomic mass is 10.1. The van der Waals surface area contributed by atoms with Crippen LogP contribution in [0.25, 0.3) is 11.0 Å². The number of aromatic amines is 1. The van der Waals surface area contributed by atoms with E-state index in [1.165, 1.54) is 30.4 Å². The number of benzene rings is 1. The normalized spacial score (nSPS) is 10.6. The van der Waals surface area contributed by atoms with E-state index in [0.717, 1.165) is 4.90 Å². The number of nitrogens with one attached hydrogen (secondary N) is 2. The second-order valence-corrected chi connectivity index (χ2v) is 7.13. The number of ketones is 1. The Morgan fingerprint density at radius 3 is 2.36 bits per heavy atom. The molecular weight excluding hydrogens is 429 g/mol. The summed E-state index contributed by atoms with van der Waals surface area (Å²) in [4.78, 5) is 59.6. The van der Waals surface area contributed by atoms with Crippen LogP contribution in [0.15, 0.2) is 48.8 Å². The lowest BCUT2D eigenvalue weighted by Crippen LogP contribution is -2.43. The zero-order valence-electron chi connectivity index (χ0n) is 18.3. The van der Waals surface area contributed by atoms with Gasteiger partial charge in [0.1, 0.15) is 5.52 Å². The van der Waals surface area contributed by atoms with Gasteiger partial charge in [-0.1, -0.05) is 18.2 Å². The van der Waals surface area contributed by atoms with Crippen LogP contribution in [0.4, 0.5) is 4.39 Å². The first-order chi connectivity index (χ1) is 15.9. The Morgan fingerprint density at radius 2 is 1.73 bits per heavy atom. The first kappa shape index (κ1) is 23.6. The molecule has 0 atom stereocenters. The second-order valence-electron chi connectivity index (χ2n) is 7.13. The number of fused-ring (bicyclic) bond motifs is 1. The fourth-order valence-corrected chi connectivity index (χ4v) is 3.40. The number of carbonyl (C=O) groups excluding carboxylic acids is 4. The molecule has 0 radical (unpaired) electrons. The highest BCUT2D eigenvalue weighted by Crippen LogP contribution is 2.20. The monoisotopic (exact) mass is 453 g/mol. The molecule has 2 heterocycles. The van der Waals surface area contributed by atoms with Crippen LogP contribution in [0.3, 0.4) is 0 Å². The first-order valence-corrected chi connectivity index (χ1v) is 10.3. The Balaban J connectivity index is 1.75. The maximum Gasteiger partial charge on any atom is 0.295 e. The SMILES string of the molecule is CCN(CCN(CF)C(=O)c1ccccc1)C(=O)C(=O)c1c[nH]c2c(C(=O)NC)ccnc12. The summed E-state index contributed by atoms with van der Waals surface area (Å²) in [6.07, 6.45) is 2.72.